The molecule has 17 N–H and O–H groups in total. The maximum absolute atomic E-state index is 14.1. The lowest BCUT2D eigenvalue weighted by Crippen LogP contribution is -2.57. The zero-order valence-electron chi connectivity index (χ0n) is 55.7. The highest BCUT2D eigenvalue weighted by Gasteiger charge is 2.35. The number of unbranched alkanes of at least 4 members (excludes halogenated alkanes) is 1. The lowest BCUT2D eigenvalue weighted by molar-refractivity contribution is -0.141. The summed E-state index contributed by atoms with van der Waals surface area (Å²) in [6.45, 7) is -1.51. The van der Waals surface area contributed by atoms with Crippen LogP contribution in [0.2, 0.25) is 0 Å². The van der Waals surface area contributed by atoms with E-state index in [1.807, 2.05) is 42.5 Å². The summed E-state index contributed by atoms with van der Waals surface area (Å²) >= 11 is 0. The molecule has 1 aliphatic carbocycles. The van der Waals surface area contributed by atoms with E-state index in [-0.39, 0.29) is 97.0 Å². The van der Waals surface area contributed by atoms with Gasteiger partial charge in [0.1, 0.15) is 36.3 Å². The summed E-state index contributed by atoms with van der Waals surface area (Å²) in [7, 11) is 0. The monoisotopic (exact) mass is 1430 g/mol. The van der Waals surface area contributed by atoms with E-state index in [1.54, 1.807) is 0 Å². The van der Waals surface area contributed by atoms with Crippen molar-refractivity contribution in [3.63, 3.8) is 0 Å². The fraction of sp³-hybridized carbons (Fsp3) is 0.594. The van der Waals surface area contributed by atoms with Crippen molar-refractivity contribution in [3.8, 4) is 0 Å². The van der Waals surface area contributed by atoms with E-state index in [2.05, 4.69) is 42.5 Å². The van der Waals surface area contributed by atoms with Gasteiger partial charge in [-0.1, -0.05) is 42.5 Å². The molecule has 101 heavy (non-hydrogen) atoms. The third-order valence-corrected chi connectivity index (χ3v) is 17.0. The number of nitrogens with one attached hydrogen (secondary N) is 8. The second-order valence-electron chi connectivity index (χ2n) is 24.9. The molecule has 2 aromatic rings. The number of carboxylic acids is 9. The Hall–Kier alpha value is -10.1. The molecule has 4 rings (SSSR count). The van der Waals surface area contributed by atoms with Crippen LogP contribution in [0.5, 0.6) is 0 Å². The Bertz CT molecular complexity index is 3210. The maximum atomic E-state index is 14.1. The standard InChI is InChI=1S/C64H92N12O25/c77-49(34-73-23-25-74(35-54(86)87)27-29-76(37-56(90)91)30-28-75(26-24-73)36-55(88)89)67-44(15-19-51(80)81)60(95)69-45(16-20-52(82)83)61(96)68-43(14-18-50(78)79)58(93)66-33-38-8-12-41(13-9-38)57(92)70-48(32-39-10-11-40-5-1-2-6-42(40)31-39)59(94)65-22-4-3-7-46(62(97)98)71-64(101)72-47(63(99)100)17-21-53(84)85/h1-2,5-6,10-11,31,38,41,43-48H,3-4,7-9,12-30,32-37H2,(H,65,94)(H,66,93)(H,67,77)(H,68,96)(H,69,95)(H,70,92)(H,78,79)(H,80,81)(H,82,83)(H,84,85)(H,86,87)(H,88,89)(H,90,91)(H,97,98)(H,99,100)(H2,71,72,101)/t38-,41-,43-,44-,45-,46-,47-,48-/m0/s1. The molecule has 1 heterocycles. The van der Waals surface area contributed by atoms with Crippen molar-refractivity contribution in [1.29, 1.82) is 0 Å². The Kier molecular flexibility index (Phi) is 35.8. The fourth-order valence-corrected chi connectivity index (χ4v) is 11.4. The van der Waals surface area contributed by atoms with Gasteiger partial charge in [-0.25, -0.2) is 14.4 Å². The molecule has 0 radical (unpaired) electrons. The van der Waals surface area contributed by atoms with Crippen molar-refractivity contribution in [2.75, 3.05) is 91.6 Å². The molecule has 0 bridgehead atoms. The van der Waals surface area contributed by atoms with Crippen LogP contribution in [0.1, 0.15) is 102 Å². The summed E-state index contributed by atoms with van der Waals surface area (Å²) in [4.78, 5) is 207. The first-order valence-corrected chi connectivity index (χ1v) is 33.0. The molecule has 2 fully saturated rings. The first-order valence-electron chi connectivity index (χ1n) is 33.0. The molecule has 0 aromatic heterocycles. The lowest BCUT2D eigenvalue weighted by atomic mass is 9.81. The number of aliphatic carboxylic acids is 9. The second kappa shape index (κ2) is 43.4. The molecule has 1 saturated carbocycles. The molecule has 37 heteroatoms. The first-order chi connectivity index (χ1) is 47.8. The zero-order valence-corrected chi connectivity index (χ0v) is 55.7. The molecule has 0 spiro atoms. The van der Waals surface area contributed by atoms with Crippen LogP contribution < -0.4 is 42.5 Å². The van der Waals surface area contributed by atoms with Crippen molar-refractivity contribution in [1.82, 2.24) is 62.1 Å². The van der Waals surface area contributed by atoms with Crippen LogP contribution in [-0.4, -0.2) is 289 Å². The average Bonchev–Trinajstić information content (AvgIpc) is 0.845. The van der Waals surface area contributed by atoms with E-state index >= 15 is 0 Å². The molecule has 2 aliphatic rings. The summed E-state index contributed by atoms with van der Waals surface area (Å²) in [6.07, 6.45) is -3.20. The zero-order chi connectivity index (χ0) is 74.7. The van der Waals surface area contributed by atoms with Gasteiger partial charge in [0.2, 0.25) is 35.4 Å². The summed E-state index contributed by atoms with van der Waals surface area (Å²) in [5, 5.41) is 107. The molecule has 37 nitrogen and oxygen atoms in total. The minimum absolute atomic E-state index is 0.00843. The normalized spacial score (nSPS) is 17.5. The number of fused-ring (bicyclic) bond motifs is 1. The van der Waals surface area contributed by atoms with Crippen molar-refractivity contribution >= 4 is 106 Å². The number of carboxylic acid groups (broad SMARTS) is 9. The minimum atomic E-state index is -1.77. The summed E-state index contributed by atoms with van der Waals surface area (Å²) in [5.41, 5.74) is 0.712. The van der Waals surface area contributed by atoms with E-state index in [9.17, 15) is 118 Å². The number of urea groups is 1. The Morgan fingerprint density at radius 2 is 0.792 bits per heavy atom. The van der Waals surface area contributed by atoms with Crippen LogP contribution in [0.25, 0.3) is 10.8 Å². The number of amides is 8. The van der Waals surface area contributed by atoms with Crippen molar-refractivity contribution in [2.45, 2.75) is 139 Å². The molecule has 2 aromatic carbocycles. The second-order valence-corrected chi connectivity index (χ2v) is 24.9. The van der Waals surface area contributed by atoms with Crippen LogP contribution in [0, 0.1) is 11.8 Å². The van der Waals surface area contributed by atoms with Gasteiger partial charge in [0.15, 0.2) is 0 Å². The van der Waals surface area contributed by atoms with Crippen LogP contribution in [0.3, 0.4) is 0 Å². The van der Waals surface area contributed by atoms with Gasteiger partial charge < -0.3 is 88.5 Å². The topological polar surface area (TPSA) is 564 Å². The first kappa shape index (κ1) is 83.3. The molecule has 1 saturated heterocycles. The van der Waals surface area contributed by atoms with Crippen molar-refractivity contribution < 1.29 is 123 Å². The Labute approximate surface area is 579 Å². The van der Waals surface area contributed by atoms with Crippen LogP contribution in [-0.2, 0) is 78.3 Å². The van der Waals surface area contributed by atoms with E-state index in [0.29, 0.717) is 31.2 Å². The van der Waals surface area contributed by atoms with Crippen molar-refractivity contribution in [2.24, 2.45) is 11.8 Å². The van der Waals surface area contributed by atoms with Gasteiger partial charge >= 0.3 is 59.8 Å². The number of hydrogen-bond donors (Lipinski definition) is 17. The van der Waals surface area contributed by atoms with Gasteiger partial charge in [-0.2, -0.15) is 0 Å². The van der Waals surface area contributed by atoms with Gasteiger partial charge in [-0.3, -0.25) is 81.9 Å². The number of hydrogen-bond acceptors (Lipinski definition) is 20. The lowest BCUT2D eigenvalue weighted by Gasteiger charge is -2.33. The number of carbonyl (C=O) groups excluding carboxylic acids is 7. The van der Waals surface area contributed by atoms with Gasteiger partial charge in [0.25, 0.3) is 0 Å². The molecule has 8 amide bonds. The van der Waals surface area contributed by atoms with E-state index in [4.69, 9.17) is 5.11 Å². The largest absolute Gasteiger partial charge is 0.481 e. The third-order valence-electron chi connectivity index (χ3n) is 17.0. The van der Waals surface area contributed by atoms with Gasteiger partial charge in [0.05, 0.1) is 26.2 Å². The highest BCUT2D eigenvalue weighted by Crippen LogP contribution is 2.29. The Morgan fingerprint density at radius 3 is 1.24 bits per heavy atom. The molecular weight excluding hydrogens is 1340 g/mol. The minimum Gasteiger partial charge on any atom is -0.481 e. The quantitative estimate of drug-likeness (QED) is 0.0310. The number of rotatable bonds is 42. The molecule has 558 valence electrons. The number of benzene rings is 2. The van der Waals surface area contributed by atoms with Crippen LogP contribution >= 0.6 is 0 Å². The number of carbonyl (C=O) groups is 16. The summed E-state index contributed by atoms with van der Waals surface area (Å²) in [6, 6.07) is 2.67. The van der Waals surface area contributed by atoms with E-state index in [1.165, 1.54) is 19.6 Å². The smallest absolute Gasteiger partial charge is 0.326 e. The van der Waals surface area contributed by atoms with Gasteiger partial charge in [0, 0.05) is 103 Å². The van der Waals surface area contributed by atoms with E-state index in [0.717, 1.165) is 10.8 Å². The maximum Gasteiger partial charge on any atom is 0.326 e. The fourth-order valence-electron chi connectivity index (χ4n) is 11.4. The Morgan fingerprint density at radius 1 is 0.386 bits per heavy atom. The molecular formula is C64H92N12O25. The van der Waals surface area contributed by atoms with Gasteiger partial charge in [-0.05, 0) is 92.9 Å². The molecule has 1 aliphatic heterocycles. The van der Waals surface area contributed by atoms with E-state index < -0.39 is 215 Å². The van der Waals surface area contributed by atoms with Gasteiger partial charge in [-0.15, -0.1) is 0 Å². The Balaban J connectivity index is 1.40. The summed E-state index contributed by atoms with van der Waals surface area (Å²) < 4.78 is 0. The molecule has 0 unspecified atom stereocenters. The number of nitrogens with zero attached hydrogens (tertiary/aromatic N) is 4. The predicted molar refractivity (Wildman–Crippen MR) is 351 cm³/mol. The molecule has 6 atom stereocenters. The SMILES string of the molecule is O=C(O)CC[C@H](NC(=O)N[C@@H](CCCCNC(=O)[C@H](Cc1ccc2ccccc2c1)NC(=O)[C@H]1CC[C@H](CNC(=O)[C@H](CCC(=O)O)NC(=O)[C@H](CCC(=O)O)NC(=O)[C@H](CCC(=O)O)NC(=O)CN2CCN(CC(=O)O)CCN(CC(=O)O)CCN(CC(=O)O)CC2)CC1)C(=O)O)C(=O)O. The predicted octanol–water partition coefficient (Wildman–Crippen LogP) is -2.33. The van der Waals surface area contributed by atoms with Crippen LogP contribution in [0.15, 0.2) is 42.5 Å². The average molecular weight is 1430 g/mol. The third kappa shape index (κ3) is 33.1. The highest BCUT2D eigenvalue weighted by atomic mass is 16.4. The highest BCUT2D eigenvalue weighted by molar-refractivity contribution is 5.95. The van der Waals surface area contributed by atoms with Crippen LogP contribution in [0.4, 0.5) is 4.79 Å². The van der Waals surface area contributed by atoms with Crippen molar-refractivity contribution in [3.05, 3.63) is 48.0 Å². The summed E-state index contributed by atoms with van der Waals surface area (Å²) in [5.74, 6) is -17.9.